The highest BCUT2D eigenvalue weighted by molar-refractivity contribution is 6.03. The van der Waals surface area contributed by atoms with E-state index in [2.05, 4.69) is 10.6 Å². The Morgan fingerprint density at radius 1 is 1.21 bits per heavy atom. The lowest BCUT2D eigenvalue weighted by molar-refractivity contribution is 0.0889. The number of primary amides is 1. The molecule has 5 N–H and O–H groups in total. The monoisotopic (exact) mass is 396 g/mol. The van der Waals surface area contributed by atoms with Gasteiger partial charge in [0.05, 0.1) is 22.9 Å². The van der Waals surface area contributed by atoms with Crippen LogP contribution in [0.3, 0.4) is 0 Å². The number of urea groups is 1. The number of aromatic nitrogens is 1. The molecule has 1 aliphatic rings. The summed E-state index contributed by atoms with van der Waals surface area (Å²) < 4.78 is 1.63. The molecule has 0 spiro atoms. The second kappa shape index (κ2) is 8.35. The number of piperidine rings is 1. The predicted octanol–water partition coefficient (Wildman–Crippen LogP) is 1.71. The smallest absolute Gasteiger partial charge is 0.407 e. The molecule has 1 fully saturated rings. The Morgan fingerprint density at radius 3 is 2.55 bits per heavy atom. The maximum Gasteiger partial charge on any atom is 0.407 e. The largest absolute Gasteiger partial charge is 0.465 e. The number of rotatable bonds is 4. The third-order valence-electron chi connectivity index (χ3n) is 4.65. The molecule has 3 rings (SSSR count). The number of benzene rings is 1. The van der Waals surface area contributed by atoms with Crippen molar-refractivity contribution >= 4 is 23.7 Å². The molecular formula is C19H20N6O4. The van der Waals surface area contributed by atoms with Gasteiger partial charge in [-0.05, 0) is 37.1 Å². The molecule has 1 aliphatic heterocycles. The maximum atomic E-state index is 12.8. The summed E-state index contributed by atoms with van der Waals surface area (Å²) in [5.41, 5.74) is 6.82. The molecule has 2 aromatic rings. The molecule has 0 aliphatic carbocycles. The molecule has 0 radical (unpaired) electrons. The van der Waals surface area contributed by atoms with Crippen molar-refractivity contribution in [1.82, 2.24) is 14.8 Å². The van der Waals surface area contributed by atoms with Crippen molar-refractivity contribution in [2.24, 2.45) is 5.73 Å². The van der Waals surface area contributed by atoms with Crippen LogP contribution < -0.4 is 16.4 Å². The van der Waals surface area contributed by atoms with Gasteiger partial charge in [-0.2, -0.15) is 5.26 Å². The van der Waals surface area contributed by atoms with E-state index in [0.717, 1.165) is 0 Å². The third-order valence-corrected chi connectivity index (χ3v) is 4.65. The lowest BCUT2D eigenvalue weighted by Gasteiger charge is -2.31. The quantitative estimate of drug-likeness (QED) is 0.619. The topological polar surface area (TPSA) is 153 Å². The standard InChI is InChI=1S/C19H20N6O4/c20-8-12-3-5-14(6-4-12)25-10-15(16(11-25)23-18(21)27)17(26)22-13-2-1-7-24(9-13)19(28)29/h3-6,10-11,13H,1-2,7,9H2,(H,22,26)(H,28,29)(H3,21,23,27)/t13-/m0/s1. The first kappa shape index (κ1) is 19.8. The van der Waals surface area contributed by atoms with E-state index in [4.69, 9.17) is 16.1 Å². The molecule has 1 atom stereocenters. The van der Waals surface area contributed by atoms with Gasteiger partial charge in [-0.3, -0.25) is 4.79 Å². The highest BCUT2D eigenvalue weighted by atomic mass is 16.4. The van der Waals surface area contributed by atoms with E-state index in [1.807, 2.05) is 6.07 Å². The zero-order valence-electron chi connectivity index (χ0n) is 15.5. The molecule has 29 heavy (non-hydrogen) atoms. The fourth-order valence-electron chi connectivity index (χ4n) is 3.26. The molecule has 1 aromatic heterocycles. The molecule has 1 saturated heterocycles. The minimum Gasteiger partial charge on any atom is -0.465 e. The van der Waals surface area contributed by atoms with E-state index >= 15 is 0 Å². The minimum atomic E-state index is -1.02. The van der Waals surface area contributed by atoms with Crippen molar-refractivity contribution in [3.05, 3.63) is 47.8 Å². The van der Waals surface area contributed by atoms with Gasteiger partial charge in [0.1, 0.15) is 0 Å². The first-order valence-corrected chi connectivity index (χ1v) is 8.95. The SMILES string of the molecule is N#Cc1ccc(-n2cc(NC(N)=O)c(C(=O)N[C@H]3CCCN(C(=O)O)C3)c2)cc1. The van der Waals surface area contributed by atoms with E-state index in [0.29, 0.717) is 30.6 Å². The number of hydrogen-bond acceptors (Lipinski definition) is 4. The number of anilines is 1. The van der Waals surface area contributed by atoms with Gasteiger partial charge in [0.2, 0.25) is 0 Å². The number of carbonyl (C=O) groups is 3. The van der Waals surface area contributed by atoms with E-state index in [-0.39, 0.29) is 23.8 Å². The Hall–Kier alpha value is -4.00. The lowest BCUT2D eigenvalue weighted by Crippen LogP contribution is -2.49. The van der Waals surface area contributed by atoms with Crippen molar-refractivity contribution in [2.75, 3.05) is 18.4 Å². The maximum absolute atomic E-state index is 12.8. The van der Waals surface area contributed by atoms with Gasteiger partial charge < -0.3 is 30.9 Å². The Balaban J connectivity index is 1.83. The van der Waals surface area contributed by atoms with Gasteiger partial charge in [-0.25, -0.2) is 9.59 Å². The number of carbonyl (C=O) groups excluding carboxylic acids is 2. The van der Waals surface area contributed by atoms with Crippen molar-refractivity contribution in [3.63, 3.8) is 0 Å². The van der Waals surface area contributed by atoms with Gasteiger partial charge >= 0.3 is 12.1 Å². The Morgan fingerprint density at radius 2 is 1.93 bits per heavy atom. The highest BCUT2D eigenvalue weighted by Gasteiger charge is 2.26. The van der Waals surface area contributed by atoms with E-state index in [1.54, 1.807) is 41.2 Å². The fraction of sp³-hybridized carbons (Fsp3) is 0.263. The normalized spacial score (nSPS) is 16.0. The van der Waals surface area contributed by atoms with Gasteiger partial charge in [0.15, 0.2) is 0 Å². The van der Waals surface area contributed by atoms with Crippen LogP contribution in [0.4, 0.5) is 15.3 Å². The average Bonchev–Trinajstić information content (AvgIpc) is 3.11. The Kier molecular flexibility index (Phi) is 5.69. The van der Waals surface area contributed by atoms with Gasteiger partial charge in [-0.1, -0.05) is 0 Å². The van der Waals surface area contributed by atoms with Crippen molar-refractivity contribution in [2.45, 2.75) is 18.9 Å². The van der Waals surface area contributed by atoms with Crippen LogP contribution in [-0.4, -0.2) is 51.7 Å². The fourth-order valence-corrected chi connectivity index (χ4v) is 3.26. The average molecular weight is 396 g/mol. The number of nitriles is 1. The second-order valence-corrected chi connectivity index (χ2v) is 6.68. The number of nitrogens with zero attached hydrogens (tertiary/aromatic N) is 3. The summed E-state index contributed by atoms with van der Waals surface area (Å²) in [7, 11) is 0. The van der Waals surface area contributed by atoms with Gasteiger partial charge in [0, 0.05) is 37.2 Å². The molecule has 2 heterocycles. The van der Waals surface area contributed by atoms with Crippen LogP contribution in [0.2, 0.25) is 0 Å². The first-order chi connectivity index (χ1) is 13.9. The van der Waals surface area contributed by atoms with Crippen LogP contribution in [0, 0.1) is 11.3 Å². The summed E-state index contributed by atoms with van der Waals surface area (Å²) >= 11 is 0. The third kappa shape index (κ3) is 4.65. The summed E-state index contributed by atoms with van der Waals surface area (Å²) in [4.78, 5) is 36.6. The van der Waals surface area contributed by atoms with E-state index in [9.17, 15) is 14.4 Å². The number of likely N-dealkylation sites (tertiary alicyclic amines) is 1. The zero-order valence-corrected chi connectivity index (χ0v) is 15.5. The first-order valence-electron chi connectivity index (χ1n) is 8.95. The molecule has 0 saturated carbocycles. The van der Waals surface area contributed by atoms with Crippen LogP contribution >= 0.6 is 0 Å². The molecule has 0 unspecified atom stereocenters. The van der Waals surface area contributed by atoms with Crippen molar-refractivity contribution in [1.29, 1.82) is 5.26 Å². The Bertz CT molecular complexity index is 976. The number of carboxylic acid groups (broad SMARTS) is 1. The van der Waals surface area contributed by atoms with Crippen LogP contribution in [0.25, 0.3) is 5.69 Å². The summed E-state index contributed by atoms with van der Waals surface area (Å²) in [6.45, 7) is 0.640. The summed E-state index contributed by atoms with van der Waals surface area (Å²) in [6, 6.07) is 7.58. The van der Waals surface area contributed by atoms with E-state index in [1.165, 1.54) is 4.90 Å². The molecule has 0 bridgehead atoms. The van der Waals surface area contributed by atoms with Crippen LogP contribution in [0.1, 0.15) is 28.8 Å². The molecule has 1 aromatic carbocycles. The summed E-state index contributed by atoms with van der Waals surface area (Å²) in [5, 5.41) is 23.3. The van der Waals surface area contributed by atoms with Crippen LogP contribution in [-0.2, 0) is 0 Å². The Labute approximate surface area is 166 Å². The molecule has 150 valence electrons. The van der Waals surface area contributed by atoms with Gasteiger partial charge in [-0.15, -0.1) is 0 Å². The minimum absolute atomic E-state index is 0.195. The van der Waals surface area contributed by atoms with Crippen molar-refractivity contribution < 1.29 is 19.5 Å². The van der Waals surface area contributed by atoms with Gasteiger partial charge in [0.25, 0.3) is 5.91 Å². The highest BCUT2D eigenvalue weighted by Crippen LogP contribution is 2.22. The summed E-state index contributed by atoms with van der Waals surface area (Å²) in [5.74, 6) is -0.446. The molecule has 10 heteroatoms. The molecule has 10 nitrogen and oxygen atoms in total. The molecular weight excluding hydrogens is 376 g/mol. The van der Waals surface area contributed by atoms with Crippen LogP contribution in [0.5, 0.6) is 0 Å². The lowest BCUT2D eigenvalue weighted by atomic mass is 10.1. The predicted molar refractivity (Wildman–Crippen MR) is 104 cm³/mol. The number of nitrogens with two attached hydrogens (primary N) is 1. The number of nitrogens with one attached hydrogen (secondary N) is 2. The van der Waals surface area contributed by atoms with Crippen LogP contribution in [0.15, 0.2) is 36.7 Å². The molecule has 4 amide bonds. The second-order valence-electron chi connectivity index (χ2n) is 6.68. The van der Waals surface area contributed by atoms with E-state index < -0.39 is 18.0 Å². The number of hydrogen-bond donors (Lipinski definition) is 4. The zero-order chi connectivity index (χ0) is 21.0. The summed E-state index contributed by atoms with van der Waals surface area (Å²) in [6.07, 6.45) is 3.37. The number of amides is 4. The van der Waals surface area contributed by atoms with Crippen molar-refractivity contribution in [3.8, 4) is 11.8 Å².